The number of methoxy groups -OCH3 is 1. The van der Waals surface area contributed by atoms with Gasteiger partial charge in [-0.2, -0.15) is 0 Å². The SMILES string of the molecule is COC(=O)N1c2c(F)cc(Br)c(O)c2CC[C@@H]1C. The first-order chi connectivity index (χ1) is 8.47. The molecule has 0 aromatic heterocycles. The molecule has 1 aliphatic heterocycles. The molecule has 1 N–H and O–H groups in total. The van der Waals surface area contributed by atoms with Gasteiger partial charge in [0.1, 0.15) is 11.6 Å². The lowest BCUT2D eigenvalue weighted by Crippen LogP contribution is -2.42. The highest BCUT2D eigenvalue weighted by Gasteiger charge is 2.34. The minimum atomic E-state index is -0.621. The molecule has 0 saturated heterocycles. The highest BCUT2D eigenvalue weighted by molar-refractivity contribution is 9.10. The zero-order valence-corrected chi connectivity index (χ0v) is 11.6. The summed E-state index contributed by atoms with van der Waals surface area (Å²) in [5.74, 6) is -0.571. The topological polar surface area (TPSA) is 49.8 Å². The van der Waals surface area contributed by atoms with Gasteiger partial charge in [-0.3, -0.25) is 4.90 Å². The molecule has 1 heterocycles. The van der Waals surface area contributed by atoms with Crippen molar-refractivity contribution in [1.29, 1.82) is 0 Å². The van der Waals surface area contributed by atoms with E-state index in [1.54, 1.807) is 0 Å². The first kappa shape index (κ1) is 13.1. The summed E-state index contributed by atoms with van der Waals surface area (Å²) in [4.78, 5) is 13.0. The van der Waals surface area contributed by atoms with Crippen LogP contribution < -0.4 is 4.90 Å². The second kappa shape index (κ2) is 4.76. The average molecular weight is 318 g/mol. The molecule has 2 rings (SSSR count). The van der Waals surface area contributed by atoms with Crippen LogP contribution in [0, 0.1) is 5.82 Å². The molecule has 0 saturated carbocycles. The van der Waals surface area contributed by atoms with Crippen molar-refractivity contribution < 1.29 is 19.0 Å². The number of anilines is 1. The molecule has 0 fully saturated rings. The summed E-state index contributed by atoms with van der Waals surface area (Å²) in [6.07, 6.45) is 0.543. The minimum Gasteiger partial charge on any atom is -0.506 e. The Morgan fingerprint density at radius 2 is 2.33 bits per heavy atom. The van der Waals surface area contributed by atoms with Gasteiger partial charge in [-0.05, 0) is 41.8 Å². The van der Waals surface area contributed by atoms with Gasteiger partial charge in [-0.25, -0.2) is 9.18 Å². The Morgan fingerprint density at radius 1 is 1.67 bits per heavy atom. The number of hydrogen-bond donors (Lipinski definition) is 1. The van der Waals surface area contributed by atoms with E-state index in [-0.39, 0.29) is 22.0 Å². The van der Waals surface area contributed by atoms with Crippen molar-refractivity contribution in [2.75, 3.05) is 12.0 Å². The number of ether oxygens (including phenoxy) is 1. The molecular formula is C12H13BrFNO3. The molecule has 1 atom stereocenters. The monoisotopic (exact) mass is 317 g/mol. The lowest BCUT2D eigenvalue weighted by Gasteiger charge is -2.34. The van der Waals surface area contributed by atoms with E-state index in [2.05, 4.69) is 20.7 Å². The summed E-state index contributed by atoms with van der Waals surface area (Å²) >= 11 is 3.09. The van der Waals surface area contributed by atoms with Crippen LogP contribution in [-0.2, 0) is 11.2 Å². The Balaban J connectivity index is 2.63. The number of carbonyl (C=O) groups excluding carboxylic acids is 1. The Labute approximate surface area is 112 Å². The molecule has 4 nitrogen and oxygen atoms in total. The molecule has 0 radical (unpaired) electrons. The van der Waals surface area contributed by atoms with Gasteiger partial charge in [0.15, 0.2) is 0 Å². The smallest absolute Gasteiger partial charge is 0.414 e. The van der Waals surface area contributed by atoms with Crippen molar-refractivity contribution in [3.8, 4) is 5.75 Å². The number of fused-ring (bicyclic) bond motifs is 1. The third kappa shape index (κ3) is 1.94. The van der Waals surface area contributed by atoms with Gasteiger partial charge in [-0.1, -0.05) is 0 Å². The van der Waals surface area contributed by atoms with Crippen LogP contribution in [0.4, 0.5) is 14.9 Å². The first-order valence-electron chi connectivity index (χ1n) is 5.54. The van der Waals surface area contributed by atoms with E-state index in [0.29, 0.717) is 18.4 Å². The Hall–Kier alpha value is -1.30. The largest absolute Gasteiger partial charge is 0.506 e. The lowest BCUT2D eigenvalue weighted by molar-refractivity contribution is 0.175. The Bertz CT molecular complexity index is 507. The average Bonchev–Trinajstić information content (AvgIpc) is 2.34. The van der Waals surface area contributed by atoms with Crippen molar-refractivity contribution in [3.63, 3.8) is 0 Å². The third-order valence-corrected chi connectivity index (χ3v) is 3.75. The predicted octanol–water partition coefficient (Wildman–Crippen LogP) is 3.20. The first-order valence-corrected chi connectivity index (χ1v) is 6.33. The van der Waals surface area contributed by atoms with Gasteiger partial charge in [0.05, 0.1) is 17.3 Å². The number of carbonyl (C=O) groups is 1. The maximum Gasteiger partial charge on any atom is 0.414 e. The van der Waals surface area contributed by atoms with Crippen molar-refractivity contribution >= 4 is 27.7 Å². The lowest BCUT2D eigenvalue weighted by atomic mass is 9.96. The normalized spacial score (nSPS) is 18.4. The number of phenols is 1. The number of phenolic OH excluding ortho intramolecular Hbond substituents is 1. The highest BCUT2D eigenvalue weighted by atomic mass is 79.9. The fourth-order valence-corrected chi connectivity index (χ4v) is 2.66. The summed E-state index contributed by atoms with van der Waals surface area (Å²) < 4.78 is 19.0. The van der Waals surface area contributed by atoms with Crippen LogP contribution in [0.1, 0.15) is 18.9 Å². The van der Waals surface area contributed by atoms with Crippen LogP contribution in [0.15, 0.2) is 10.5 Å². The van der Waals surface area contributed by atoms with E-state index < -0.39 is 11.9 Å². The number of amides is 1. The quantitative estimate of drug-likeness (QED) is 0.799. The molecule has 0 spiro atoms. The maximum atomic E-state index is 14.0. The molecule has 1 amide bonds. The summed E-state index contributed by atoms with van der Waals surface area (Å²) in [5, 5.41) is 9.93. The van der Waals surface area contributed by atoms with Crippen LogP contribution in [-0.4, -0.2) is 24.4 Å². The van der Waals surface area contributed by atoms with Gasteiger partial charge in [0.2, 0.25) is 0 Å². The molecule has 0 bridgehead atoms. The van der Waals surface area contributed by atoms with Crippen LogP contribution in [0.3, 0.4) is 0 Å². The molecule has 98 valence electrons. The van der Waals surface area contributed by atoms with Crippen LogP contribution in [0.25, 0.3) is 0 Å². The minimum absolute atomic E-state index is 0.0211. The summed E-state index contributed by atoms with van der Waals surface area (Å²) in [7, 11) is 1.25. The van der Waals surface area contributed by atoms with E-state index in [0.717, 1.165) is 6.07 Å². The zero-order valence-electron chi connectivity index (χ0n) is 10.0. The van der Waals surface area contributed by atoms with Crippen molar-refractivity contribution in [3.05, 3.63) is 21.9 Å². The molecule has 0 aliphatic carbocycles. The van der Waals surface area contributed by atoms with Gasteiger partial charge in [0.25, 0.3) is 0 Å². The molecule has 18 heavy (non-hydrogen) atoms. The Morgan fingerprint density at radius 3 is 2.94 bits per heavy atom. The van der Waals surface area contributed by atoms with Crippen molar-refractivity contribution in [2.45, 2.75) is 25.8 Å². The van der Waals surface area contributed by atoms with E-state index in [1.165, 1.54) is 12.0 Å². The second-order valence-corrected chi connectivity index (χ2v) is 5.10. The second-order valence-electron chi connectivity index (χ2n) is 4.24. The maximum absolute atomic E-state index is 14.0. The van der Waals surface area contributed by atoms with Gasteiger partial charge < -0.3 is 9.84 Å². The van der Waals surface area contributed by atoms with E-state index in [4.69, 9.17) is 0 Å². The third-order valence-electron chi connectivity index (χ3n) is 3.14. The Kier molecular flexibility index (Phi) is 3.47. The number of halogens is 2. The number of hydrogen-bond acceptors (Lipinski definition) is 3. The van der Waals surface area contributed by atoms with Gasteiger partial charge >= 0.3 is 6.09 Å². The standard InChI is InChI=1S/C12H13BrFNO3/c1-6-3-4-7-10(15(6)12(17)18-2)9(14)5-8(13)11(7)16/h5-6,16H,3-4H2,1-2H3/t6-/m0/s1. The number of rotatable bonds is 0. The molecule has 1 aromatic carbocycles. The van der Waals surface area contributed by atoms with Crippen molar-refractivity contribution in [2.24, 2.45) is 0 Å². The van der Waals surface area contributed by atoms with E-state index >= 15 is 0 Å². The van der Waals surface area contributed by atoms with Crippen molar-refractivity contribution in [1.82, 2.24) is 0 Å². The fourth-order valence-electron chi connectivity index (χ4n) is 2.22. The summed E-state index contributed by atoms with van der Waals surface area (Å²) in [6, 6.07) is 0.988. The van der Waals surface area contributed by atoms with E-state index in [9.17, 15) is 14.3 Å². The van der Waals surface area contributed by atoms with Crippen LogP contribution in [0.5, 0.6) is 5.75 Å². The predicted molar refractivity (Wildman–Crippen MR) is 68.4 cm³/mol. The molecule has 0 unspecified atom stereocenters. The van der Waals surface area contributed by atoms with Gasteiger partial charge in [0, 0.05) is 11.6 Å². The molecule has 1 aliphatic rings. The summed E-state index contributed by atoms with van der Waals surface area (Å²) in [5.41, 5.74) is 0.548. The number of benzene rings is 1. The fraction of sp³-hybridized carbons (Fsp3) is 0.417. The molecular weight excluding hydrogens is 305 g/mol. The van der Waals surface area contributed by atoms with Gasteiger partial charge in [-0.15, -0.1) is 0 Å². The highest BCUT2D eigenvalue weighted by Crippen LogP contribution is 2.42. The van der Waals surface area contributed by atoms with E-state index in [1.807, 2.05) is 6.92 Å². The number of aromatic hydroxyl groups is 1. The zero-order chi connectivity index (χ0) is 13.4. The summed E-state index contributed by atoms with van der Waals surface area (Å²) in [6.45, 7) is 1.82. The number of nitrogens with zero attached hydrogens (tertiary/aromatic N) is 1. The molecule has 1 aromatic rings. The molecule has 6 heteroatoms. The van der Waals surface area contributed by atoms with Crippen LogP contribution >= 0.6 is 15.9 Å². The van der Waals surface area contributed by atoms with Crippen LogP contribution in [0.2, 0.25) is 0 Å².